The Morgan fingerprint density at radius 3 is 2.41 bits per heavy atom. The third kappa shape index (κ3) is 3.41. The lowest BCUT2D eigenvalue weighted by atomic mass is 9.92. The monoisotopic (exact) mass is 244 g/mol. The maximum atomic E-state index is 11.9. The summed E-state index contributed by atoms with van der Waals surface area (Å²) in [6.45, 7) is 5.91. The van der Waals surface area contributed by atoms with Gasteiger partial charge in [0.2, 0.25) is 5.91 Å². The fourth-order valence-electron chi connectivity index (χ4n) is 1.76. The number of aliphatic carboxylic acids is 1. The highest BCUT2D eigenvalue weighted by Crippen LogP contribution is 2.26. The Labute approximate surface area is 101 Å². The third-order valence-electron chi connectivity index (χ3n) is 3.08. The number of carboxylic acids is 1. The van der Waals surface area contributed by atoms with Gasteiger partial charge in [0.15, 0.2) is 0 Å². The van der Waals surface area contributed by atoms with Gasteiger partial charge in [-0.25, -0.2) is 4.79 Å². The van der Waals surface area contributed by atoms with Crippen molar-refractivity contribution in [3.8, 4) is 0 Å². The zero-order chi connectivity index (χ0) is 13.2. The number of likely N-dealkylation sites (tertiary alicyclic amines) is 1. The smallest absolute Gasteiger partial charge is 0.329 e. The van der Waals surface area contributed by atoms with E-state index in [2.05, 4.69) is 0 Å². The normalized spacial score (nSPS) is 21.5. The molecule has 0 saturated carbocycles. The molecule has 2 unspecified atom stereocenters. The van der Waals surface area contributed by atoms with Crippen LogP contribution in [-0.4, -0.2) is 53.2 Å². The first-order valence-corrected chi connectivity index (χ1v) is 5.65. The molecule has 0 radical (unpaired) electrons. The van der Waals surface area contributed by atoms with Crippen molar-refractivity contribution < 1.29 is 19.4 Å². The van der Waals surface area contributed by atoms with Crippen molar-refractivity contribution in [2.75, 3.05) is 19.7 Å². The molecule has 0 spiro atoms. The first kappa shape index (κ1) is 13.9. The van der Waals surface area contributed by atoms with Crippen molar-refractivity contribution in [1.82, 2.24) is 4.90 Å². The van der Waals surface area contributed by atoms with Crippen LogP contribution in [0.4, 0.5) is 0 Å². The molecular formula is C11H20N2O4. The van der Waals surface area contributed by atoms with E-state index in [0.717, 1.165) is 0 Å². The van der Waals surface area contributed by atoms with Crippen molar-refractivity contribution in [2.24, 2.45) is 11.7 Å². The highest BCUT2D eigenvalue weighted by Gasteiger charge is 2.44. The molecule has 1 heterocycles. The van der Waals surface area contributed by atoms with Crippen molar-refractivity contribution in [2.45, 2.75) is 32.4 Å². The molecule has 0 aliphatic carbocycles. The van der Waals surface area contributed by atoms with Crippen LogP contribution in [0.2, 0.25) is 0 Å². The van der Waals surface area contributed by atoms with Gasteiger partial charge in [-0.15, -0.1) is 0 Å². The Balaban J connectivity index is 2.40. The molecule has 98 valence electrons. The highest BCUT2D eigenvalue weighted by molar-refractivity contribution is 5.80. The summed E-state index contributed by atoms with van der Waals surface area (Å²) >= 11 is 0. The maximum Gasteiger partial charge on any atom is 0.329 e. The van der Waals surface area contributed by atoms with Crippen molar-refractivity contribution >= 4 is 11.9 Å². The van der Waals surface area contributed by atoms with E-state index in [1.807, 2.05) is 0 Å². The summed E-state index contributed by atoms with van der Waals surface area (Å²) in [5.41, 5.74) is 5.13. The summed E-state index contributed by atoms with van der Waals surface area (Å²) < 4.78 is 5.22. The molecule has 2 atom stereocenters. The molecule has 0 bridgehead atoms. The molecule has 0 aromatic carbocycles. The maximum absolute atomic E-state index is 11.9. The zero-order valence-corrected chi connectivity index (χ0v) is 10.5. The van der Waals surface area contributed by atoms with Crippen LogP contribution in [0, 0.1) is 5.92 Å². The van der Waals surface area contributed by atoms with Crippen LogP contribution in [0.25, 0.3) is 0 Å². The largest absolute Gasteiger partial charge is 0.480 e. The molecule has 1 amide bonds. The molecular weight excluding hydrogens is 224 g/mol. The van der Waals surface area contributed by atoms with Gasteiger partial charge in [0.05, 0.1) is 19.0 Å². The fourth-order valence-corrected chi connectivity index (χ4v) is 1.76. The lowest BCUT2D eigenvalue weighted by Gasteiger charge is -2.48. The van der Waals surface area contributed by atoms with E-state index < -0.39 is 11.6 Å². The van der Waals surface area contributed by atoms with Gasteiger partial charge >= 0.3 is 5.97 Å². The minimum absolute atomic E-state index is 0.00333. The summed E-state index contributed by atoms with van der Waals surface area (Å²) in [5, 5.41) is 8.51. The van der Waals surface area contributed by atoms with Crippen LogP contribution < -0.4 is 5.73 Å². The first-order chi connectivity index (χ1) is 7.75. The average Bonchev–Trinajstić information content (AvgIpc) is 2.20. The second-order valence-corrected chi connectivity index (χ2v) is 4.97. The van der Waals surface area contributed by atoms with E-state index in [1.54, 1.807) is 25.7 Å². The van der Waals surface area contributed by atoms with E-state index in [1.165, 1.54) is 0 Å². The third-order valence-corrected chi connectivity index (χ3v) is 3.08. The van der Waals surface area contributed by atoms with Crippen LogP contribution in [0.15, 0.2) is 0 Å². The van der Waals surface area contributed by atoms with Gasteiger partial charge in [-0.2, -0.15) is 0 Å². The summed E-state index contributed by atoms with van der Waals surface area (Å²) in [6, 6.07) is -0.186. The first-order valence-electron chi connectivity index (χ1n) is 5.65. The number of amides is 1. The molecule has 1 aliphatic rings. The minimum atomic E-state index is -1.00. The van der Waals surface area contributed by atoms with Crippen molar-refractivity contribution in [3.05, 3.63) is 0 Å². The summed E-state index contributed by atoms with van der Waals surface area (Å²) in [5.74, 6) is -1.23. The van der Waals surface area contributed by atoms with E-state index in [9.17, 15) is 9.59 Å². The number of hydrogen-bond acceptors (Lipinski definition) is 4. The number of nitrogens with two attached hydrogens (primary N) is 1. The fraction of sp³-hybridized carbons (Fsp3) is 0.818. The van der Waals surface area contributed by atoms with Crippen LogP contribution in [0.5, 0.6) is 0 Å². The van der Waals surface area contributed by atoms with Crippen LogP contribution in [0.3, 0.4) is 0 Å². The number of carboxylic acid groups (broad SMARTS) is 1. The Morgan fingerprint density at radius 1 is 1.47 bits per heavy atom. The van der Waals surface area contributed by atoms with E-state index in [-0.39, 0.29) is 24.5 Å². The van der Waals surface area contributed by atoms with Gasteiger partial charge in [-0.05, 0) is 13.8 Å². The van der Waals surface area contributed by atoms with Gasteiger partial charge < -0.3 is 20.5 Å². The molecule has 1 fully saturated rings. The van der Waals surface area contributed by atoms with Crippen molar-refractivity contribution in [3.63, 3.8) is 0 Å². The molecule has 3 N–H and O–H groups in total. The van der Waals surface area contributed by atoms with Gasteiger partial charge in [-0.1, -0.05) is 6.92 Å². The van der Waals surface area contributed by atoms with Gasteiger partial charge in [-0.3, -0.25) is 4.79 Å². The predicted molar refractivity (Wildman–Crippen MR) is 61.4 cm³/mol. The van der Waals surface area contributed by atoms with E-state index in [0.29, 0.717) is 13.1 Å². The molecule has 6 heteroatoms. The summed E-state index contributed by atoms with van der Waals surface area (Å²) in [7, 11) is 0. The number of carbonyl (C=O) groups excluding carboxylic acids is 1. The number of hydrogen-bond donors (Lipinski definition) is 2. The highest BCUT2D eigenvalue weighted by atomic mass is 16.5. The van der Waals surface area contributed by atoms with Crippen LogP contribution >= 0.6 is 0 Å². The van der Waals surface area contributed by atoms with Crippen LogP contribution in [0.1, 0.15) is 20.8 Å². The molecule has 6 nitrogen and oxygen atoms in total. The summed E-state index contributed by atoms with van der Waals surface area (Å²) in [4.78, 5) is 23.9. The van der Waals surface area contributed by atoms with E-state index in [4.69, 9.17) is 15.6 Å². The lowest BCUT2D eigenvalue weighted by molar-refractivity contribution is -0.175. The molecule has 0 aromatic heterocycles. The molecule has 1 rings (SSSR count). The topological polar surface area (TPSA) is 92.9 Å². The lowest BCUT2D eigenvalue weighted by Crippen LogP contribution is -2.65. The Bertz CT molecular complexity index is 311. The number of carbonyl (C=O) groups is 2. The number of ether oxygens (including phenoxy) is 1. The van der Waals surface area contributed by atoms with Gasteiger partial charge in [0, 0.05) is 6.04 Å². The molecule has 1 saturated heterocycles. The Hall–Kier alpha value is -1.14. The molecule has 1 aliphatic heterocycles. The summed E-state index contributed by atoms with van der Waals surface area (Å²) in [6.07, 6.45) is 0. The molecule has 0 aromatic rings. The Morgan fingerprint density at radius 2 is 2.00 bits per heavy atom. The standard InChI is InChI=1S/C11H20N2O4/c1-7(8(2)12)10(16)13-5-11(3,6-13)17-4-9(14)15/h7-8H,4-6,12H2,1-3H3,(H,14,15). The van der Waals surface area contributed by atoms with Crippen LogP contribution in [-0.2, 0) is 14.3 Å². The average molecular weight is 244 g/mol. The zero-order valence-electron chi connectivity index (χ0n) is 10.5. The predicted octanol–water partition coefficient (Wildman–Crippen LogP) is -0.328. The second-order valence-electron chi connectivity index (χ2n) is 4.97. The molecule has 17 heavy (non-hydrogen) atoms. The second kappa shape index (κ2) is 5.01. The Kier molecular flexibility index (Phi) is 4.11. The van der Waals surface area contributed by atoms with Gasteiger partial charge in [0.25, 0.3) is 0 Å². The van der Waals surface area contributed by atoms with Gasteiger partial charge in [0.1, 0.15) is 12.2 Å². The quantitative estimate of drug-likeness (QED) is 0.691. The number of nitrogens with zero attached hydrogens (tertiary/aromatic N) is 1. The SMILES string of the molecule is CC(N)C(C)C(=O)N1CC(C)(OCC(=O)O)C1. The number of rotatable bonds is 5. The van der Waals surface area contributed by atoms with E-state index >= 15 is 0 Å². The minimum Gasteiger partial charge on any atom is -0.480 e. The van der Waals surface area contributed by atoms with Crippen molar-refractivity contribution in [1.29, 1.82) is 0 Å².